The summed E-state index contributed by atoms with van der Waals surface area (Å²) in [6.45, 7) is 7.51. The molecule has 0 unspecified atom stereocenters. The summed E-state index contributed by atoms with van der Waals surface area (Å²) in [6.07, 6.45) is 5.05. The number of aromatic nitrogens is 2. The van der Waals surface area contributed by atoms with Gasteiger partial charge in [0.25, 0.3) is 0 Å². The first-order chi connectivity index (χ1) is 9.54. The van der Waals surface area contributed by atoms with E-state index in [1.807, 2.05) is 13.8 Å². The summed E-state index contributed by atoms with van der Waals surface area (Å²) in [4.78, 5) is 8.90. The van der Waals surface area contributed by atoms with Crippen LogP contribution in [0.5, 0.6) is 0 Å². The molecule has 0 saturated heterocycles. The minimum absolute atomic E-state index is 0.567. The van der Waals surface area contributed by atoms with Gasteiger partial charge in [0.05, 0.1) is 5.60 Å². The van der Waals surface area contributed by atoms with Crippen molar-refractivity contribution in [1.82, 2.24) is 9.97 Å². The van der Waals surface area contributed by atoms with Gasteiger partial charge in [0.15, 0.2) is 0 Å². The fraction of sp³-hybridized carbons (Fsp3) is 0.733. The van der Waals surface area contributed by atoms with E-state index in [-0.39, 0.29) is 0 Å². The van der Waals surface area contributed by atoms with Crippen molar-refractivity contribution >= 4 is 11.6 Å². The number of nitrogens with one attached hydrogen (secondary N) is 2. The molecule has 1 aromatic rings. The Balaban J connectivity index is 2.08. The number of aliphatic hydroxyl groups is 1. The van der Waals surface area contributed by atoms with Crippen molar-refractivity contribution in [2.24, 2.45) is 0 Å². The molecule has 1 heterocycles. The fourth-order valence-electron chi connectivity index (χ4n) is 2.67. The fourth-order valence-corrected chi connectivity index (χ4v) is 2.67. The summed E-state index contributed by atoms with van der Waals surface area (Å²) in [5.41, 5.74) is 0.452. The van der Waals surface area contributed by atoms with Crippen LogP contribution in [-0.2, 0) is 0 Å². The Labute approximate surface area is 121 Å². The summed E-state index contributed by atoms with van der Waals surface area (Å²) in [7, 11) is 0. The molecule has 20 heavy (non-hydrogen) atoms. The first-order valence-corrected chi connectivity index (χ1v) is 7.59. The van der Waals surface area contributed by atoms with Crippen molar-refractivity contribution in [2.75, 3.05) is 23.7 Å². The highest BCUT2D eigenvalue weighted by Crippen LogP contribution is 2.30. The average Bonchev–Trinajstić information content (AvgIpc) is 2.85. The van der Waals surface area contributed by atoms with E-state index in [1.165, 1.54) is 0 Å². The van der Waals surface area contributed by atoms with Crippen molar-refractivity contribution in [2.45, 2.75) is 58.5 Å². The lowest BCUT2D eigenvalue weighted by Crippen LogP contribution is -2.34. The Hall–Kier alpha value is -1.36. The monoisotopic (exact) mass is 278 g/mol. The Morgan fingerprint density at radius 2 is 1.70 bits per heavy atom. The van der Waals surface area contributed by atoms with E-state index in [0.29, 0.717) is 6.54 Å². The standard InChI is InChI=1S/C15H26N4O/c1-4-9-16-13-11(2)14(19-12(3)18-13)17-10-15(20)7-5-6-8-15/h20H,4-10H2,1-3H3,(H2,16,17,18,19). The third kappa shape index (κ3) is 3.60. The summed E-state index contributed by atoms with van der Waals surface area (Å²) in [5, 5.41) is 17.0. The largest absolute Gasteiger partial charge is 0.388 e. The summed E-state index contributed by atoms with van der Waals surface area (Å²) < 4.78 is 0. The van der Waals surface area contributed by atoms with Crippen molar-refractivity contribution in [3.05, 3.63) is 11.4 Å². The smallest absolute Gasteiger partial charge is 0.134 e. The van der Waals surface area contributed by atoms with E-state index in [9.17, 15) is 5.11 Å². The Kier molecular flexibility index (Phi) is 4.81. The van der Waals surface area contributed by atoms with E-state index in [0.717, 1.165) is 61.7 Å². The topological polar surface area (TPSA) is 70.1 Å². The second kappa shape index (κ2) is 6.39. The Bertz CT molecular complexity index is 455. The predicted octanol–water partition coefficient (Wildman–Crippen LogP) is 2.63. The van der Waals surface area contributed by atoms with Gasteiger partial charge in [-0.25, -0.2) is 9.97 Å². The van der Waals surface area contributed by atoms with Crippen LogP contribution < -0.4 is 10.6 Å². The van der Waals surface area contributed by atoms with Crippen LogP contribution in [-0.4, -0.2) is 33.8 Å². The lowest BCUT2D eigenvalue weighted by atomic mass is 10.0. The molecule has 1 saturated carbocycles. The molecule has 5 nitrogen and oxygen atoms in total. The number of anilines is 2. The highest BCUT2D eigenvalue weighted by atomic mass is 16.3. The lowest BCUT2D eigenvalue weighted by Gasteiger charge is -2.23. The average molecular weight is 278 g/mol. The van der Waals surface area contributed by atoms with Crippen LogP contribution in [0.4, 0.5) is 11.6 Å². The summed E-state index contributed by atoms with van der Waals surface area (Å²) >= 11 is 0. The van der Waals surface area contributed by atoms with Crippen LogP contribution >= 0.6 is 0 Å². The quantitative estimate of drug-likeness (QED) is 0.746. The zero-order valence-electron chi connectivity index (χ0n) is 12.8. The van der Waals surface area contributed by atoms with Gasteiger partial charge < -0.3 is 15.7 Å². The Morgan fingerprint density at radius 1 is 1.10 bits per heavy atom. The summed E-state index contributed by atoms with van der Waals surface area (Å²) in [5.74, 6) is 2.46. The van der Waals surface area contributed by atoms with Gasteiger partial charge in [-0.1, -0.05) is 19.8 Å². The van der Waals surface area contributed by atoms with Crippen molar-refractivity contribution in [3.8, 4) is 0 Å². The second-order valence-electron chi connectivity index (χ2n) is 5.80. The van der Waals surface area contributed by atoms with Gasteiger partial charge in [0, 0.05) is 18.7 Å². The molecule has 1 aliphatic rings. The molecule has 112 valence electrons. The van der Waals surface area contributed by atoms with Crippen LogP contribution in [0.2, 0.25) is 0 Å². The van der Waals surface area contributed by atoms with Crippen LogP contribution in [0.3, 0.4) is 0 Å². The molecule has 1 fully saturated rings. The van der Waals surface area contributed by atoms with E-state index in [4.69, 9.17) is 0 Å². The maximum absolute atomic E-state index is 10.4. The number of hydrogen-bond acceptors (Lipinski definition) is 5. The number of aryl methyl sites for hydroxylation is 1. The third-order valence-corrected chi connectivity index (χ3v) is 3.92. The highest BCUT2D eigenvalue weighted by molar-refractivity contribution is 5.57. The minimum Gasteiger partial charge on any atom is -0.388 e. The SMILES string of the molecule is CCCNc1nc(C)nc(NCC2(O)CCCC2)c1C. The van der Waals surface area contributed by atoms with Crippen LogP contribution in [0.25, 0.3) is 0 Å². The van der Waals surface area contributed by atoms with Gasteiger partial charge in [0.1, 0.15) is 17.5 Å². The van der Waals surface area contributed by atoms with Gasteiger partial charge in [-0.2, -0.15) is 0 Å². The van der Waals surface area contributed by atoms with E-state index < -0.39 is 5.60 Å². The molecule has 0 aliphatic heterocycles. The third-order valence-electron chi connectivity index (χ3n) is 3.92. The number of hydrogen-bond donors (Lipinski definition) is 3. The number of rotatable bonds is 6. The summed E-state index contributed by atoms with van der Waals surface area (Å²) in [6, 6.07) is 0. The molecule has 5 heteroatoms. The van der Waals surface area contributed by atoms with E-state index >= 15 is 0 Å². The molecule has 1 aromatic heterocycles. The lowest BCUT2D eigenvalue weighted by molar-refractivity contribution is 0.0614. The molecule has 2 rings (SSSR count). The number of nitrogens with zero attached hydrogens (tertiary/aromatic N) is 2. The maximum Gasteiger partial charge on any atom is 0.134 e. The highest BCUT2D eigenvalue weighted by Gasteiger charge is 2.31. The zero-order chi connectivity index (χ0) is 14.6. The first-order valence-electron chi connectivity index (χ1n) is 7.59. The maximum atomic E-state index is 10.4. The van der Waals surface area contributed by atoms with Crippen LogP contribution in [0.15, 0.2) is 0 Å². The molecule has 0 atom stereocenters. The molecule has 3 N–H and O–H groups in total. The first kappa shape index (κ1) is 15.0. The molecule has 0 aromatic carbocycles. The van der Waals surface area contributed by atoms with Gasteiger partial charge >= 0.3 is 0 Å². The second-order valence-corrected chi connectivity index (χ2v) is 5.80. The molecular weight excluding hydrogens is 252 g/mol. The van der Waals surface area contributed by atoms with E-state index in [2.05, 4.69) is 27.5 Å². The molecule has 0 radical (unpaired) electrons. The van der Waals surface area contributed by atoms with Crippen LogP contribution in [0.1, 0.15) is 50.4 Å². The molecule has 0 spiro atoms. The predicted molar refractivity (Wildman–Crippen MR) is 82.2 cm³/mol. The normalized spacial score (nSPS) is 17.2. The van der Waals surface area contributed by atoms with Crippen molar-refractivity contribution in [1.29, 1.82) is 0 Å². The van der Waals surface area contributed by atoms with Crippen LogP contribution in [0, 0.1) is 13.8 Å². The van der Waals surface area contributed by atoms with Gasteiger partial charge in [-0.15, -0.1) is 0 Å². The van der Waals surface area contributed by atoms with Gasteiger partial charge in [0.2, 0.25) is 0 Å². The van der Waals surface area contributed by atoms with Gasteiger partial charge in [-0.3, -0.25) is 0 Å². The van der Waals surface area contributed by atoms with Crippen molar-refractivity contribution in [3.63, 3.8) is 0 Å². The molecule has 0 amide bonds. The Morgan fingerprint density at radius 3 is 2.30 bits per heavy atom. The van der Waals surface area contributed by atoms with Crippen molar-refractivity contribution < 1.29 is 5.11 Å². The van der Waals surface area contributed by atoms with E-state index in [1.54, 1.807) is 0 Å². The molecule has 0 bridgehead atoms. The molecular formula is C15H26N4O. The molecule has 1 aliphatic carbocycles. The van der Waals surface area contributed by atoms with Gasteiger partial charge in [-0.05, 0) is 33.1 Å². The zero-order valence-corrected chi connectivity index (χ0v) is 12.8. The minimum atomic E-state index is -0.567.